The summed E-state index contributed by atoms with van der Waals surface area (Å²) in [5.41, 5.74) is 1.32. The summed E-state index contributed by atoms with van der Waals surface area (Å²) in [6, 6.07) is 19.2. The van der Waals surface area contributed by atoms with E-state index in [1.54, 1.807) is 48.4 Å². The van der Waals surface area contributed by atoms with Gasteiger partial charge < -0.3 is 9.64 Å². The third kappa shape index (κ3) is 3.42. The van der Waals surface area contributed by atoms with Crippen LogP contribution in [0.1, 0.15) is 24.5 Å². The summed E-state index contributed by atoms with van der Waals surface area (Å²) in [6.45, 7) is 2.20. The second kappa shape index (κ2) is 9.12. The van der Waals surface area contributed by atoms with Gasteiger partial charge in [-0.2, -0.15) is 0 Å². The van der Waals surface area contributed by atoms with Gasteiger partial charge in [-0.25, -0.2) is 4.90 Å². The highest BCUT2D eigenvalue weighted by atomic mass is 35.5. The number of nitrogens with one attached hydrogen (secondary N) is 1. The molecule has 0 unspecified atom stereocenters. The molecule has 2 fully saturated rings. The monoisotopic (exact) mass is 549 g/mol. The van der Waals surface area contributed by atoms with E-state index in [1.807, 2.05) is 37.3 Å². The number of ether oxygens (including phenoxy) is 1. The molecular weight excluding hydrogens is 525 g/mol. The quantitative estimate of drug-likeness (QED) is 0.456. The zero-order valence-corrected chi connectivity index (χ0v) is 22.3. The average Bonchev–Trinajstić information content (AvgIpc) is 3.50. The van der Waals surface area contributed by atoms with Crippen LogP contribution in [-0.4, -0.2) is 30.9 Å². The first-order chi connectivity index (χ1) is 18.3. The van der Waals surface area contributed by atoms with Crippen LogP contribution in [0.3, 0.4) is 0 Å². The van der Waals surface area contributed by atoms with Crippen LogP contribution >= 0.6 is 23.2 Å². The third-order valence-corrected chi connectivity index (χ3v) is 8.70. The molecule has 0 saturated carbocycles. The van der Waals surface area contributed by atoms with Crippen molar-refractivity contribution in [2.45, 2.75) is 31.5 Å². The molecule has 1 spiro atoms. The molecule has 38 heavy (non-hydrogen) atoms. The van der Waals surface area contributed by atoms with Gasteiger partial charge in [0, 0.05) is 17.3 Å². The predicted octanol–water partition coefficient (Wildman–Crippen LogP) is 4.93. The van der Waals surface area contributed by atoms with Crippen molar-refractivity contribution in [1.82, 2.24) is 5.32 Å². The van der Waals surface area contributed by atoms with Crippen LogP contribution in [0.2, 0.25) is 10.0 Å². The Morgan fingerprint density at radius 2 is 1.68 bits per heavy atom. The molecule has 2 saturated heterocycles. The molecule has 1 N–H and O–H groups in total. The normalized spacial score (nSPS) is 25.9. The molecular formula is C29H25Cl2N3O4. The maximum absolute atomic E-state index is 14.4. The largest absolute Gasteiger partial charge is 0.497 e. The van der Waals surface area contributed by atoms with E-state index in [0.717, 1.165) is 5.56 Å². The number of benzene rings is 3. The highest BCUT2D eigenvalue weighted by Crippen LogP contribution is 2.55. The zero-order valence-electron chi connectivity index (χ0n) is 20.8. The van der Waals surface area contributed by atoms with E-state index in [9.17, 15) is 14.4 Å². The molecule has 3 aromatic rings. The van der Waals surface area contributed by atoms with Crippen molar-refractivity contribution in [3.8, 4) is 5.75 Å². The Morgan fingerprint density at radius 3 is 2.37 bits per heavy atom. The van der Waals surface area contributed by atoms with Crippen molar-refractivity contribution in [3.63, 3.8) is 0 Å². The van der Waals surface area contributed by atoms with E-state index in [-0.39, 0.29) is 30.3 Å². The molecule has 194 valence electrons. The van der Waals surface area contributed by atoms with Gasteiger partial charge >= 0.3 is 0 Å². The van der Waals surface area contributed by atoms with Crippen molar-refractivity contribution in [3.05, 3.63) is 87.9 Å². The number of carbonyl (C=O) groups excluding carboxylic acids is 3. The fourth-order valence-corrected chi connectivity index (χ4v) is 6.58. The molecule has 0 aliphatic carbocycles. The van der Waals surface area contributed by atoms with Gasteiger partial charge in [0.25, 0.3) is 5.91 Å². The van der Waals surface area contributed by atoms with Gasteiger partial charge in [0.05, 0.1) is 41.2 Å². The first-order valence-electron chi connectivity index (χ1n) is 12.5. The Bertz CT molecular complexity index is 1480. The summed E-state index contributed by atoms with van der Waals surface area (Å²) < 4.78 is 5.23. The summed E-state index contributed by atoms with van der Waals surface area (Å²) in [4.78, 5) is 45.2. The number of hydrogen-bond donors (Lipinski definition) is 1. The Labute approximate surface area is 230 Å². The molecule has 7 nitrogen and oxygen atoms in total. The number of carbonyl (C=O) groups is 3. The third-order valence-electron chi connectivity index (χ3n) is 7.96. The van der Waals surface area contributed by atoms with Crippen LogP contribution in [0.25, 0.3) is 0 Å². The van der Waals surface area contributed by atoms with Crippen LogP contribution in [0.4, 0.5) is 11.4 Å². The molecule has 0 aromatic heterocycles. The van der Waals surface area contributed by atoms with Crippen molar-refractivity contribution >= 4 is 52.3 Å². The van der Waals surface area contributed by atoms with Crippen molar-refractivity contribution in [2.75, 3.05) is 16.9 Å². The molecule has 3 aromatic carbocycles. The van der Waals surface area contributed by atoms with Gasteiger partial charge in [0.1, 0.15) is 11.3 Å². The fourth-order valence-electron chi connectivity index (χ4n) is 6.26. The molecule has 0 radical (unpaired) electrons. The van der Waals surface area contributed by atoms with E-state index in [1.165, 1.54) is 4.90 Å². The number of nitrogens with zero attached hydrogens (tertiary/aromatic N) is 2. The Morgan fingerprint density at radius 1 is 0.947 bits per heavy atom. The molecule has 4 atom stereocenters. The van der Waals surface area contributed by atoms with Crippen LogP contribution in [-0.2, 0) is 26.5 Å². The Kier molecular flexibility index (Phi) is 5.98. The van der Waals surface area contributed by atoms with Gasteiger partial charge in [0.2, 0.25) is 11.8 Å². The van der Waals surface area contributed by atoms with Gasteiger partial charge in [-0.3, -0.25) is 19.7 Å². The molecule has 9 heteroatoms. The fraction of sp³-hybridized carbons (Fsp3) is 0.276. The van der Waals surface area contributed by atoms with E-state index >= 15 is 0 Å². The maximum Gasteiger partial charge on any atom is 0.253 e. The number of amides is 3. The molecule has 0 bridgehead atoms. The summed E-state index contributed by atoms with van der Waals surface area (Å²) in [6.07, 6.45) is 0.584. The number of para-hydroxylation sites is 1. The number of rotatable bonds is 5. The minimum absolute atomic E-state index is 0.245. The molecule has 3 aliphatic rings. The number of anilines is 2. The molecule has 3 amide bonds. The van der Waals surface area contributed by atoms with Gasteiger partial charge in [-0.05, 0) is 54.4 Å². The topological polar surface area (TPSA) is 79.0 Å². The van der Waals surface area contributed by atoms with E-state index in [4.69, 9.17) is 27.9 Å². The Balaban J connectivity index is 1.45. The van der Waals surface area contributed by atoms with Crippen LogP contribution in [0, 0.1) is 11.8 Å². The highest BCUT2D eigenvalue weighted by Gasteiger charge is 2.71. The van der Waals surface area contributed by atoms with Crippen LogP contribution < -0.4 is 19.9 Å². The van der Waals surface area contributed by atoms with Gasteiger partial charge in [0.15, 0.2) is 0 Å². The second-order valence-corrected chi connectivity index (χ2v) is 10.7. The zero-order chi connectivity index (χ0) is 26.8. The van der Waals surface area contributed by atoms with Gasteiger partial charge in [-0.1, -0.05) is 54.4 Å². The average molecular weight is 550 g/mol. The lowest BCUT2D eigenvalue weighted by Gasteiger charge is -2.30. The van der Waals surface area contributed by atoms with E-state index < -0.39 is 17.4 Å². The summed E-state index contributed by atoms with van der Waals surface area (Å²) in [5, 5.41) is 4.31. The number of methoxy groups -OCH3 is 1. The lowest BCUT2D eigenvalue weighted by Crippen LogP contribution is -2.55. The molecule has 3 heterocycles. The maximum atomic E-state index is 14.4. The lowest BCUT2D eigenvalue weighted by atomic mass is 9.76. The Hall–Kier alpha value is -3.39. The van der Waals surface area contributed by atoms with Gasteiger partial charge in [-0.15, -0.1) is 0 Å². The SMILES string of the molecule is CC[C@@H]1N[C@]2(C(=O)N(Cc3ccc(Cl)c(Cl)c3)c3ccccc32)[C@@H]2C(=O)N(c3ccc(OC)cc3)C(=O)[C@H]12. The van der Waals surface area contributed by atoms with E-state index in [0.29, 0.717) is 39.2 Å². The number of fused-ring (bicyclic) bond motifs is 4. The summed E-state index contributed by atoms with van der Waals surface area (Å²) in [7, 11) is 1.56. The standard InChI is InChI=1S/C29H25Cl2N3O4/c1-3-22-24-25(27(36)34(26(24)35)17-9-11-18(38-2)12-10-17)29(32-22)19-6-4-5-7-23(19)33(28(29)37)15-16-8-13-20(30)21(31)14-16/h4-14,22,24-25,32H,3,15H2,1-2H3/t22-,24+,25-,29-/m0/s1. The van der Waals surface area contributed by atoms with E-state index in [2.05, 4.69) is 5.32 Å². The number of imide groups is 1. The number of hydrogen-bond acceptors (Lipinski definition) is 5. The summed E-state index contributed by atoms with van der Waals surface area (Å²) in [5.74, 6) is -1.86. The second-order valence-electron chi connectivity index (χ2n) is 9.84. The van der Waals surface area contributed by atoms with Crippen LogP contribution in [0.5, 0.6) is 5.75 Å². The predicted molar refractivity (Wildman–Crippen MR) is 145 cm³/mol. The highest BCUT2D eigenvalue weighted by molar-refractivity contribution is 6.42. The first kappa shape index (κ1) is 24.9. The first-order valence-corrected chi connectivity index (χ1v) is 13.2. The molecule has 6 rings (SSSR count). The lowest BCUT2D eigenvalue weighted by molar-refractivity contribution is -0.132. The van der Waals surface area contributed by atoms with Crippen molar-refractivity contribution in [1.29, 1.82) is 0 Å². The minimum atomic E-state index is -1.36. The van der Waals surface area contributed by atoms with Crippen molar-refractivity contribution in [2.24, 2.45) is 11.8 Å². The van der Waals surface area contributed by atoms with Crippen LogP contribution in [0.15, 0.2) is 66.7 Å². The summed E-state index contributed by atoms with van der Waals surface area (Å²) >= 11 is 12.4. The smallest absolute Gasteiger partial charge is 0.253 e. The number of halogens is 2. The van der Waals surface area contributed by atoms with Crippen molar-refractivity contribution < 1.29 is 19.1 Å². The minimum Gasteiger partial charge on any atom is -0.497 e. The molecule has 3 aliphatic heterocycles.